The van der Waals surface area contributed by atoms with E-state index in [1.165, 1.54) is 22.4 Å². The number of aromatic amines is 1. The van der Waals surface area contributed by atoms with E-state index in [9.17, 15) is 4.79 Å². The highest BCUT2D eigenvalue weighted by molar-refractivity contribution is 5.99. The summed E-state index contributed by atoms with van der Waals surface area (Å²) in [4.78, 5) is 14.6. The van der Waals surface area contributed by atoms with Crippen LogP contribution in [0.3, 0.4) is 0 Å². The first-order chi connectivity index (χ1) is 16.2. The predicted octanol–water partition coefficient (Wildman–Crippen LogP) is 4.25. The molecular weight excluding hydrogens is 426 g/mol. The molecule has 0 spiro atoms. The van der Waals surface area contributed by atoms with Crippen LogP contribution in [0.1, 0.15) is 57.7 Å². The Bertz CT molecular complexity index is 1140. The summed E-state index contributed by atoms with van der Waals surface area (Å²) in [5, 5.41) is 10.7. The Balaban J connectivity index is 1.47. The summed E-state index contributed by atoms with van der Waals surface area (Å²) in [6, 6.07) is 12.8. The number of primary amides is 1. The Kier molecular flexibility index (Phi) is 6.93. The lowest BCUT2D eigenvalue weighted by Gasteiger charge is -2.36. The molecule has 3 aromatic rings. The monoisotopic (exact) mass is 461 g/mol. The largest absolute Gasteiger partial charge is 0.372 e. The van der Waals surface area contributed by atoms with Gasteiger partial charge in [0.2, 0.25) is 0 Å². The maximum absolute atomic E-state index is 12.3. The first kappa shape index (κ1) is 23.8. The van der Waals surface area contributed by atoms with E-state index in [2.05, 4.69) is 91.4 Å². The van der Waals surface area contributed by atoms with Gasteiger partial charge in [-0.2, -0.15) is 5.10 Å². The van der Waals surface area contributed by atoms with E-state index in [-0.39, 0.29) is 12.2 Å². The van der Waals surface area contributed by atoms with Crippen LogP contribution in [0, 0.1) is 20.8 Å². The molecule has 7 heteroatoms. The van der Waals surface area contributed by atoms with Crippen molar-refractivity contribution in [3.05, 3.63) is 75.5 Å². The molecule has 1 aliphatic heterocycles. The van der Waals surface area contributed by atoms with Crippen LogP contribution in [-0.4, -0.2) is 41.4 Å². The number of nitrogens with zero attached hydrogens (tertiary/aromatic N) is 2. The van der Waals surface area contributed by atoms with Crippen LogP contribution in [0.4, 0.5) is 11.5 Å². The molecule has 1 amide bonds. The summed E-state index contributed by atoms with van der Waals surface area (Å²) in [7, 11) is 0. The average molecular weight is 462 g/mol. The summed E-state index contributed by atoms with van der Waals surface area (Å²) >= 11 is 0. The number of hydrogen-bond donors (Lipinski definition) is 3. The fourth-order valence-electron chi connectivity index (χ4n) is 4.73. The van der Waals surface area contributed by atoms with E-state index in [1.807, 2.05) is 0 Å². The number of aromatic nitrogens is 2. The number of carbonyl (C=O) groups excluding carboxylic acids is 1. The molecule has 2 atom stereocenters. The third-order valence-corrected chi connectivity index (χ3v) is 6.64. The molecule has 34 heavy (non-hydrogen) atoms. The van der Waals surface area contributed by atoms with E-state index in [0.717, 1.165) is 24.2 Å². The molecule has 1 aliphatic rings. The smallest absolute Gasteiger partial charge is 0.254 e. The lowest BCUT2D eigenvalue weighted by atomic mass is 10.0. The minimum atomic E-state index is -0.490. The Labute approximate surface area is 201 Å². The molecular formula is C27H35N5O2. The Morgan fingerprint density at radius 1 is 1.09 bits per heavy atom. The van der Waals surface area contributed by atoms with Crippen LogP contribution in [-0.2, 0) is 17.7 Å². The van der Waals surface area contributed by atoms with Crippen LogP contribution in [0.2, 0.25) is 0 Å². The molecule has 180 valence electrons. The van der Waals surface area contributed by atoms with Crippen molar-refractivity contribution in [2.24, 2.45) is 5.73 Å². The summed E-state index contributed by atoms with van der Waals surface area (Å²) in [5.74, 6) is 0.00159. The maximum atomic E-state index is 12.3. The molecule has 0 bridgehead atoms. The van der Waals surface area contributed by atoms with Gasteiger partial charge >= 0.3 is 0 Å². The second-order valence-electron chi connectivity index (χ2n) is 9.50. The first-order valence-electron chi connectivity index (χ1n) is 11.9. The van der Waals surface area contributed by atoms with Crippen molar-refractivity contribution < 1.29 is 9.53 Å². The van der Waals surface area contributed by atoms with Gasteiger partial charge in [0.05, 0.1) is 17.9 Å². The van der Waals surface area contributed by atoms with Crippen LogP contribution in [0.25, 0.3) is 0 Å². The molecule has 0 radical (unpaired) electrons. The van der Waals surface area contributed by atoms with Gasteiger partial charge in [0.15, 0.2) is 5.82 Å². The van der Waals surface area contributed by atoms with E-state index >= 15 is 0 Å². The van der Waals surface area contributed by atoms with Crippen LogP contribution >= 0.6 is 0 Å². The van der Waals surface area contributed by atoms with E-state index < -0.39 is 5.91 Å². The number of amides is 1. The zero-order valence-electron chi connectivity index (χ0n) is 20.7. The minimum Gasteiger partial charge on any atom is -0.372 e. The number of H-pyrrole nitrogens is 1. The van der Waals surface area contributed by atoms with Gasteiger partial charge in [0.1, 0.15) is 5.56 Å². The molecule has 2 heterocycles. The number of rotatable bonds is 7. The molecule has 2 aromatic carbocycles. The zero-order chi connectivity index (χ0) is 24.4. The standard InChI is InChI=1S/C27H35N5O2/c1-16-10-22(11-17(2)20(16)5)13-29-27-25(26(28)33)24(30-31-27)12-21-6-8-23(9-7-21)32-14-18(3)34-19(4)15-32/h6-11,18-19H,12-15H2,1-5H3,(H2,28,33)(H2,29,30,31)/t18-,19+. The number of hydrogen-bond acceptors (Lipinski definition) is 5. The van der Waals surface area contributed by atoms with Gasteiger partial charge in [0.25, 0.3) is 5.91 Å². The van der Waals surface area contributed by atoms with Gasteiger partial charge in [-0.3, -0.25) is 9.89 Å². The molecule has 7 nitrogen and oxygen atoms in total. The maximum Gasteiger partial charge on any atom is 0.254 e. The van der Waals surface area contributed by atoms with Gasteiger partial charge in [-0.1, -0.05) is 24.3 Å². The van der Waals surface area contributed by atoms with Gasteiger partial charge < -0.3 is 20.7 Å². The Morgan fingerprint density at radius 2 is 1.71 bits per heavy atom. The molecule has 0 unspecified atom stereocenters. The summed E-state index contributed by atoms with van der Waals surface area (Å²) in [6.07, 6.45) is 0.974. The van der Waals surface area contributed by atoms with E-state index in [0.29, 0.717) is 30.0 Å². The zero-order valence-corrected chi connectivity index (χ0v) is 20.7. The summed E-state index contributed by atoms with van der Waals surface area (Å²) < 4.78 is 5.84. The fraction of sp³-hybridized carbons (Fsp3) is 0.407. The number of nitrogens with two attached hydrogens (primary N) is 1. The first-order valence-corrected chi connectivity index (χ1v) is 11.9. The summed E-state index contributed by atoms with van der Waals surface area (Å²) in [5.41, 5.74) is 14.1. The quantitative estimate of drug-likeness (QED) is 0.489. The minimum absolute atomic E-state index is 0.213. The highest BCUT2D eigenvalue weighted by Crippen LogP contribution is 2.24. The van der Waals surface area contributed by atoms with Gasteiger partial charge in [0, 0.05) is 31.7 Å². The third-order valence-electron chi connectivity index (χ3n) is 6.64. The molecule has 4 rings (SSSR count). The number of aryl methyl sites for hydroxylation is 2. The average Bonchev–Trinajstić information content (AvgIpc) is 3.18. The number of nitrogens with one attached hydrogen (secondary N) is 2. The number of ether oxygens (including phenoxy) is 1. The number of morpholine rings is 1. The fourth-order valence-corrected chi connectivity index (χ4v) is 4.73. The highest BCUT2D eigenvalue weighted by atomic mass is 16.5. The summed E-state index contributed by atoms with van der Waals surface area (Å²) in [6.45, 7) is 12.9. The molecule has 0 aliphatic carbocycles. The van der Waals surface area contributed by atoms with Crippen molar-refractivity contribution in [3.8, 4) is 0 Å². The molecule has 1 saturated heterocycles. The topological polar surface area (TPSA) is 96.3 Å². The number of anilines is 2. The lowest BCUT2D eigenvalue weighted by molar-refractivity contribution is -0.00521. The van der Waals surface area contributed by atoms with Crippen molar-refractivity contribution in [2.45, 2.75) is 59.8 Å². The predicted molar refractivity (Wildman–Crippen MR) is 137 cm³/mol. The molecule has 1 aromatic heterocycles. The van der Waals surface area contributed by atoms with Crippen LogP contribution in [0.15, 0.2) is 36.4 Å². The number of carbonyl (C=O) groups is 1. The molecule has 0 saturated carbocycles. The Morgan fingerprint density at radius 3 is 2.29 bits per heavy atom. The van der Waals surface area contributed by atoms with Crippen molar-refractivity contribution in [3.63, 3.8) is 0 Å². The van der Waals surface area contributed by atoms with Gasteiger partial charge in [-0.05, 0) is 74.6 Å². The third kappa shape index (κ3) is 5.25. The SMILES string of the molecule is Cc1cc(CNc2n[nH]c(Cc3ccc(N4C[C@@H](C)O[C@@H](C)C4)cc3)c2C(N)=O)cc(C)c1C. The Hall–Kier alpha value is -3.32. The second-order valence-corrected chi connectivity index (χ2v) is 9.50. The van der Waals surface area contributed by atoms with Crippen molar-refractivity contribution in [1.82, 2.24) is 10.2 Å². The highest BCUT2D eigenvalue weighted by Gasteiger charge is 2.23. The van der Waals surface area contributed by atoms with Crippen molar-refractivity contribution in [1.29, 1.82) is 0 Å². The van der Waals surface area contributed by atoms with Crippen LogP contribution in [0.5, 0.6) is 0 Å². The van der Waals surface area contributed by atoms with Crippen molar-refractivity contribution in [2.75, 3.05) is 23.3 Å². The normalized spacial score (nSPS) is 18.2. The van der Waals surface area contributed by atoms with Gasteiger partial charge in [-0.25, -0.2) is 0 Å². The molecule has 1 fully saturated rings. The number of benzene rings is 2. The van der Waals surface area contributed by atoms with Crippen molar-refractivity contribution >= 4 is 17.4 Å². The second kappa shape index (κ2) is 9.89. The van der Waals surface area contributed by atoms with Crippen LogP contribution < -0.4 is 16.0 Å². The van der Waals surface area contributed by atoms with E-state index in [1.54, 1.807) is 0 Å². The van der Waals surface area contributed by atoms with Gasteiger partial charge in [-0.15, -0.1) is 0 Å². The van der Waals surface area contributed by atoms with E-state index in [4.69, 9.17) is 10.5 Å². The lowest BCUT2D eigenvalue weighted by Crippen LogP contribution is -2.45. The molecule has 4 N–H and O–H groups in total.